The molecule has 2 fully saturated rings. The topological polar surface area (TPSA) is 108 Å². The number of carbonyl (C=O) groups is 1. The molecule has 1 atom stereocenters. The molecule has 3 aliphatic rings. The highest BCUT2D eigenvalue weighted by Crippen LogP contribution is 2.44. The van der Waals surface area contributed by atoms with Crippen molar-refractivity contribution in [1.82, 2.24) is 25.0 Å². The first kappa shape index (κ1) is 25.4. The van der Waals surface area contributed by atoms with Gasteiger partial charge in [0.1, 0.15) is 11.4 Å². The smallest absolute Gasteiger partial charge is 0.402 e. The number of hydrogen-bond donors (Lipinski definition) is 2. The lowest BCUT2D eigenvalue weighted by Gasteiger charge is -2.44. The summed E-state index contributed by atoms with van der Waals surface area (Å²) in [5.74, 6) is -1.35. The predicted octanol–water partition coefficient (Wildman–Crippen LogP) is 4.29. The number of hydrogen-bond acceptors (Lipinski definition) is 6. The van der Waals surface area contributed by atoms with Gasteiger partial charge in [-0.1, -0.05) is 18.2 Å². The third-order valence-corrected chi connectivity index (χ3v) is 7.79. The molecule has 3 aromatic rings. The van der Waals surface area contributed by atoms with E-state index in [0.717, 1.165) is 12.5 Å². The van der Waals surface area contributed by atoms with E-state index in [1.54, 1.807) is 33.8 Å². The maximum Gasteiger partial charge on any atom is 0.573 e. The molecule has 0 radical (unpaired) electrons. The molecule has 1 aromatic carbocycles. The van der Waals surface area contributed by atoms with Crippen LogP contribution in [0.2, 0.25) is 0 Å². The van der Waals surface area contributed by atoms with E-state index in [4.69, 9.17) is 10.5 Å². The quantitative estimate of drug-likeness (QED) is 0.473. The second-order valence-corrected chi connectivity index (χ2v) is 10.2. The second-order valence-electron chi connectivity index (χ2n) is 10.2. The molecule has 2 amide bonds. The van der Waals surface area contributed by atoms with E-state index in [1.807, 2.05) is 0 Å². The number of nitrogen functional groups attached to an aromatic ring is 1. The molecule has 13 heteroatoms. The SMILES string of the molecule is Nc1ncc(-c2cc3n(n2)CCOC32CCN(C(=O)NC3(c4ccccc4F)CCC3)C2)cc1OC(F)(F)F. The number of fused-ring (bicyclic) bond motifs is 2. The van der Waals surface area contributed by atoms with Crippen LogP contribution in [0.25, 0.3) is 11.3 Å². The summed E-state index contributed by atoms with van der Waals surface area (Å²) in [7, 11) is 0. The maximum absolute atomic E-state index is 14.6. The first-order valence-corrected chi connectivity index (χ1v) is 12.6. The van der Waals surface area contributed by atoms with Crippen LogP contribution in [-0.4, -0.2) is 51.8 Å². The van der Waals surface area contributed by atoms with Crippen molar-refractivity contribution in [3.8, 4) is 17.0 Å². The highest BCUT2D eigenvalue weighted by molar-refractivity contribution is 5.76. The molecule has 0 bridgehead atoms. The largest absolute Gasteiger partial charge is 0.573 e. The normalized spacial score (nSPS) is 21.9. The summed E-state index contributed by atoms with van der Waals surface area (Å²) in [6.45, 7) is 1.45. The van der Waals surface area contributed by atoms with Gasteiger partial charge in [-0.25, -0.2) is 14.2 Å². The first-order chi connectivity index (χ1) is 18.6. The van der Waals surface area contributed by atoms with Crippen LogP contribution in [0.4, 0.5) is 28.2 Å². The minimum atomic E-state index is -4.92. The van der Waals surface area contributed by atoms with Crippen molar-refractivity contribution in [1.29, 1.82) is 0 Å². The number of nitrogens with two attached hydrogens (primary N) is 1. The van der Waals surface area contributed by atoms with Gasteiger partial charge in [-0.15, -0.1) is 13.2 Å². The van der Waals surface area contributed by atoms with Crippen molar-refractivity contribution in [3.63, 3.8) is 0 Å². The van der Waals surface area contributed by atoms with E-state index < -0.39 is 29.1 Å². The molecule has 1 aliphatic carbocycles. The van der Waals surface area contributed by atoms with E-state index in [2.05, 4.69) is 20.1 Å². The molecule has 6 rings (SSSR count). The van der Waals surface area contributed by atoms with Crippen molar-refractivity contribution in [2.45, 2.75) is 49.7 Å². The average molecular weight is 547 g/mol. The van der Waals surface area contributed by atoms with E-state index in [1.165, 1.54) is 12.3 Å². The van der Waals surface area contributed by atoms with Crippen molar-refractivity contribution in [2.24, 2.45) is 0 Å². The number of nitrogens with one attached hydrogen (secondary N) is 1. The number of likely N-dealkylation sites (tertiary alicyclic amines) is 1. The number of ether oxygens (including phenoxy) is 2. The molecule has 1 saturated carbocycles. The van der Waals surface area contributed by atoms with Crippen LogP contribution in [0.15, 0.2) is 42.6 Å². The Kier molecular flexibility index (Phi) is 5.93. The highest BCUT2D eigenvalue weighted by atomic mass is 19.4. The molecule has 9 nitrogen and oxygen atoms in total. The number of anilines is 1. The number of halogens is 4. The molecule has 206 valence electrons. The molecule has 1 saturated heterocycles. The van der Waals surface area contributed by atoms with Crippen LogP contribution >= 0.6 is 0 Å². The summed E-state index contributed by atoms with van der Waals surface area (Å²) in [6, 6.07) is 9.08. The van der Waals surface area contributed by atoms with Crippen LogP contribution in [0, 0.1) is 5.82 Å². The number of benzene rings is 1. The summed E-state index contributed by atoms with van der Waals surface area (Å²) in [4.78, 5) is 18.9. The molecular weight excluding hydrogens is 520 g/mol. The van der Waals surface area contributed by atoms with E-state index in [-0.39, 0.29) is 18.4 Å². The summed E-state index contributed by atoms with van der Waals surface area (Å²) < 4.78 is 64.9. The van der Waals surface area contributed by atoms with Gasteiger partial charge in [0.2, 0.25) is 0 Å². The summed E-state index contributed by atoms with van der Waals surface area (Å²) in [5, 5.41) is 7.65. The van der Waals surface area contributed by atoms with Crippen LogP contribution in [0.5, 0.6) is 5.75 Å². The number of carbonyl (C=O) groups excluding carboxylic acids is 1. The molecule has 3 N–H and O–H groups in total. The van der Waals surface area contributed by atoms with Gasteiger partial charge in [0.05, 0.1) is 36.6 Å². The number of alkyl halides is 3. The standard InChI is InChI=1S/C26H26F4N6O3/c27-18-5-2-1-4-17(18)24(6-3-7-24)33-23(37)35-9-8-25(15-35)21-13-19(34-36(21)10-11-38-25)16-12-20(22(31)32-14-16)39-26(28,29)30/h1-2,4-5,12-14H,3,6-11,15H2,(H2,31,32)(H,33,37). The van der Waals surface area contributed by atoms with Crippen LogP contribution in [-0.2, 0) is 22.4 Å². The highest BCUT2D eigenvalue weighted by Gasteiger charge is 2.49. The summed E-state index contributed by atoms with van der Waals surface area (Å²) in [6.07, 6.45) is -0.893. The Hall–Kier alpha value is -3.87. The van der Waals surface area contributed by atoms with Crippen LogP contribution in [0.3, 0.4) is 0 Å². The van der Waals surface area contributed by atoms with Crippen LogP contribution in [0.1, 0.15) is 36.9 Å². The van der Waals surface area contributed by atoms with Gasteiger partial charge in [0.15, 0.2) is 11.6 Å². The van der Waals surface area contributed by atoms with Gasteiger partial charge in [0, 0.05) is 30.3 Å². The predicted molar refractivity (Wildman–Crippen MR) is 131 cm³/mol. The molecule has 39 heavy (non-hydrogen) atoms. The Morgan fingerprint density at radius 3 is 2.67 bits per heavy atom. The fraction of sp³-hybridized carbons (Fsp3) is 0.423. The monoisotopic (exact) mass is 546 g/mol. The van der Waals surface area contributed by atoms with E-state index in [0.29, 0.717) is 61.5 Å². The average Bonchev–Trinajstić information content (AvgIpc) is 3.49. The van der Waals surface area contributed by atoms with Gasteiger partial charge < -0.3 is 25.4 Å². The third kappa shape index (κ3) is 4.54. The Bertz CT molecular complexity index is 1420. The zero-order valence-electron chi connectivity index (χ0n) is 20.8. The number of urea groups is 1. The van der Waals surface area contributed by atoms with Gasteiger partial charge in [-0.3, -0.25) is 4.68 Å². The molecule has 2 aliphatic heterocycles. The number of aromatic nitrogens is 3. The Balaban J connectivity index is 1.23. The Morgan fingerprint density at radius 2 is 1.95 bits per heavy atom. The van der Waals surface area contributed by atoms with Gasteiger partial charge in [0.25, 0.3) is 0 Å². The van der Waals surface area contributed by atoms with E-state index >= 15 is 0 Å². The number of rotatable bonds is 4. The number of pyridine rings is 1. The second kappa shape index (κ2) is 9.11. The summed E-state index contributed by atoms with van der Waals surface area (Å²) in [5.41, 5.74) is 5.87. The zero-order chi connectivity index (χ0) is 27.4. The minimum absolute atomic E-state index is 0.250. The molecule has 4 heterocycles. The van der Waals surface area contributed by atoms with Gasteiger partial charge in [-0.05, 0) is 37.5 Å². The fourth-order valence-electron chi connectivity index (χ4n) is 5.71. The first-order valence-electron chi connectivity index (χ1n) is 12.6. The fourth-order valence-corrected chi connectivity index (χ4v) is 5.71. The molecule has 1 spiro atoms. The van der Waals surface area contributed by atoms with Gasteiger partial charge in [-0.2, -0.15) is 5.10 Å². The lowest BCUT2D eigenvalue weighted by atomic mass is 9.71. The summed E-state index contributed by atoms with van der Waals surface area (Å²) >= 11 is 0. The minimum Gasteiger partial charge on any atom is -0.402 e. The van der Waals surface area contributed by atoms with Gasteiger partial charge >= 0.3 is 12.4 Å². The lowest BCUT2D eigenvalue weighted by molar-refractivity contribution is -0.274. The van der Waals surface area contributed by atoms with E-state index in [9.17, 15) is 22.4 Å². The van der Waals surface area contributed by atoms with Crippen molar-refractivity contribution >= 4 is 11.8 Å². The molecule has 2 aromatic heterocycles. The Labute approximate surface area is 220 Å². The van der Waals surface area contributed by atoms with Crippen molar-refractivity contribution in [3.05, 3.63) is 59.7 Å². The Morgan fingerprint density at radius 1 is 1.15 bits per heavy atom. The molecular formula is C26H26F4N6O3. The zero-order valence-corrected chi connectivity index (χ0v) is 20.8. The lowest BCUT2D eigenvalue weighted by Crippen LogP contribution is -2.55. The number of nitrogens with zero attached hydrogens (tertiary/aromatic N) is 4. The maximum atomic E-state index is 14.6. The van der Waals surface area contributed by atoms with Crippen molar-refractivity contribution in [2.75, 3.05) is 25.4 Å². The van der Waals surface area contributed by atoms with Crippen LogP contribution < -0.4 is 15.8 Å². The third-order valence-electron chi connectivity index (χ3n) is 7.79. The molecule has 1 unspecified atom stereocenters. The number of amides is 2. The van der Waals surface area contributed by atoms with Crippen molar-refractivity contribution < 1.29 is 31.8 Å².